The normalized spacial score (nSPS) is 24.4. The molecule has 1 aliphatic rings. The van der Waals surface area contributed by atoms with E-state index in [9.17, 15) is 9.18 Å². The van der Waals surface area contributed by atoms with Gasteiger partial charge in [0.15, 0.2) is 0 Å². The first-order valence-electron chi connectivity index (χ1n) is 6.73. The van der Waals surface area contributed by atoms with E-state index >= 15 is 0 Å². The number of carbonyl (C=O) groups is 1. The number of hydrogen-bond acceptors (Lipinski definition) is 2. The Balaban J connectivity index is 2.18. The molecule has 1 fully saturated rings. The second-order valence-corrected chi connectivity index (χ2v) is 5.56. The molecule has 1 aromatic carbocycles. The standard InChI is InChI=1S/C15H20FNO2/c1-10-5-6-17(11(2)7-10)9-12-8-13(16)3-4-14(12)15(18)19/h3-4,8,10-11H,5-7,9H2,1-2H3,(H,18,19). The average molecular weight is 265 g/mol. The zero-order valence-electron chi connectivity index (χ0n) is 11.4. The van der Waals surface area contributed by atoms with Crippen LogP contribution >= 0.6 is 0 Å². The number of carboxylic acids is 1. The number of carboxylic acid groups (broad SMARTS) is 1. The van der Waals surface area contributed by atoms with E-state index in [0.29, 0.717) is 24.1 Å². The molecule has 0 radical (unpaired) electrons. The van der Waals surface area contributed by atoms with Gasteiger partial charge in [0.05, 0.1) is 5.56 Å². The van der Waals surface area contributed by atoms with Gasteiger partial charge >= 0.3 is 5.97 Å². The fourth-order valence-corrected chi connectivity index (χ4v) is 2.81. The SMILES string of the molecule is CC1CCN(Cc2cc(F)ccc2C(=O)O)C(C)C1. The molecular weight excluding hydrogens is 245 g/mol. The van der Waals surface area contributed by atoms with Gasteiger partial charge in [-0.2, -0.15) is 0 Å². The molecule has 0 spiro atoms. The van der Waals surface area contributed by atoms with Crippen LogP contribution in [0.2, 0.25) is 0 Å². The van der Waals surface area contributed by atoms with Gasteiger partial charge in [-0.3, -0.25) is 4.90 Å². The lowest BCUT2D eigenvalue weighted by atomic mass is 9.92. The Morgan fingerprint density at radius 1 is 1.47 bits per heavy atom. The van der Waals surface area contributed by atoms with Crippen LogP contribution < -0.4 is 0 Å². The molecule has 2 rings (SSSR count). The molecule has 0 saturated carbocycles. The van der Waals surface area contributed by atoms with Crippen molar-refractivity contribution in [2.75, 3.05) is 6.54 Å². The first-order valence-corrected chi connectivity index (χ1v) is 6.73. The van der Waals surface area contributed by atoms with E-state index < -0.39 is 5.97 Å². The van der Waals surface area contributed by atoms with E-state index in [1.807, 2.05) is 0 Å². The molecule has 19 heavy (non-hydrogen) atoms. The summed E-state index contributed by atoms with van der Waals surface area (Å²) in [5, 5.41) is 9.15. The van der Waals surface area contributed by atoms with Crippen molar-refractivity contribution < 1.29 is 14.3 Å². The van der Waals surface area contributed by atoms with Crippen LogP contribution in [0.15, 0.2) is 18.2 Å². The summed E-state index contributed by atoms with van der Waals surface area (Å²) in [6.45, 7) is 5.83. The van der Waals surface area contributed by atoms with Crippen LogP contribution in [0.25, 0.3) is 0 Å². The molecule has 0 bridgehead atoms. The van der Waals surface area contributed by atoms with E-state index in [1.54, 1.807) is 0 Å². The maximum absolute atomic E-state index is 13.3. The summed E-state index contributed by atoms with van der Waals surface area (Å²) in [4.78, 5) is 13.4. The molecule has 1 aromatic rings. The van der Waals surface area contributed by atoms with Gasteiger partial charge in [-0.25, -0.2) is 9.18 Å². The van der Waals surface area contributed by atoms with E-state index in [2.05, 4.69) is 18.7 Å². The van der Waals surface area contributed by atoms with Crippen molar-refractivity contribution in [1.29, 1.82) is 0 Å². The second-order valence-electron chi connectivity index (χ2n) is 5.56. The Morgan fingerprint density at radius 2 is 2.21 bits per heavy atom. The van der Waals surface area contributed by atoms with Gasteiger partial charge in [-0.05, 0) is 56.0 Å². The zero-order valence-corrected chi connectivity index (χ0v) is 11.4. The molecule has 1 aliphatic heterocycles. The summed E-state index contributed by atoms with van der Waals surface area (Å²) in [6, 6.07) is 4.31. The maximum atomic E-state index is 13.3. The number of benzene rings is 1. The quantitative estimate of drug-likeness (QED) is 0.912. The van der Waals surface area contributed by atoms with Crippen LogP contribution in [0.5, 0.6) is 0 Å². The summed E-state index contributed by atoms with van der Waals surface area (Å²) in [7, 11) is 0. The van der Waals surface area contributed by atoms with E-state index in [0.717, 1.165) is 19.4 Å². The second kappa shape index (κ2) is 5.70. The van der Waals surface area contributed by atoms with Crippen LogP contribution in [0.1, 0.15) is 42.6 Å². The summed E-state index contributed by atoms with van der Waals surface area (Å²) >= 11 is 0. The molecule has 1 saturated heterocycles. The Bertz CT molecular complexity index is 475. The minimum Gasteiger partial charge on any atom is -0.478 e. The Kier molecular flexibility index (Phi) is 4.20. The number of aromatic carboxylic acids is 1. The topological polar surface area (TPSA) is 40.5 Å². The zero-order chi connectivity index (χ0) is 14.0. The van der Waals surface area contributed by atoms with Gasteiger partial charge < -0.3 is 5.11 Å². The minimum atomic E-state index is -0.993. The van der Waals surface area contributed by atoms with Crippen LogP contribution in [0, 0.1) is 11.7 Å². The fourth-order valence-electron chi connectivity index (χ4n) is 2.81. The number of rotatable bonds is 3. The Hall–Kier alpha value is -1.42. The summed E-state index contributed by atoms with van der Waals surface area (Å²) in [5.74, 6) is -0.663. The molecule has 2 atom stereocenters. The van der Waals surface area contributed by atoms with Crippen LogP contribution in [-0.2, 0) is 6.54 Å². The Labute approximate surface area is 113 Å². The average Bonchev–Trinajstić information content (AvgIpc) is 2.32. The lowest BCUT2D eigenvalue weighted by molar-refractivity contribution is 0.0691. The molecule has 2 unspecified atom stereocenters. The minimum absolute atomic E-state index is 0.201. The smallest absolute Gasteiger partial charge is 0.336 e. The lowest BCUT2D eigenvalue weighted by Gasteiger charge is -2.36. The Morgan fingerprint density at radius 3 is 2.84 bits per heavy atom. The highest BCUT2D eigenvalue weighted by molar-refractivity contribution is 5.89. The first kappa shape index (κ1) is 14.0. The molecule has 4 heteroatoms. The van der Waals surface area contributed by atoms with Gasteiger partial charge in [0, 0.05) is 12.6 Å². The van der Waals surface area contributed by atoms with E-state index in [-0.39, 0.29) is 11.4 Å². The highest BCUT2D eigenvalue weighted by Crippen LogP contribution is 2.25. The monoisotopic (exact) mass is 265 g/mol. The molecule has 1 heterocycles. The van der Waals surface area contributed by atoms with Crippen molar-refractivity contribution in [2.45, 2.75) is 39.3 Å². The summed E-state index contributed by atoms with van der Waals surface area (Å²) in [5.41, 5.74) is 0.765. The fraction of sp³-hybridized carbons (Fsp3) is 0.533. The van der Waals surface area contributed by atoms with E-state index in [1.165, 1.54) is 18.2 Å². The highest BCUT2D eigenvalue weighted by Gasteiger charge is 2.24. The van der Waals surface area contributed by atoms with Crippen molar-refractivity contribution in [3.8, 4) is 0 Å². The molecule has 0 aromatic heterocycles. The van der Waals surface area contributed by atoms with Gasteiger partial charge in [0.25, 0.3) is 0 Å². The number of piperidine rings is 1. The number of likely N-dealkylation sites (tertiary alicyclic amines) is 1. The van der Waals surface area contributed by atoms with Gasteiger partial charge in [-0.15, -0.1) is 0 Å². The summed E-state index contributed by atoms with van der Waals surface area (Å²) in [6.07, 6.45) is 2.22. The number of hydrogen-bond donors (Lipinski definition) is 1. The largest absolute Gasteiger partial charge is 0.478 e. The number of nitrogens with zero attached hydrogens (tertiary/aromatic N) is 1. The van der Waals surface area contributed by atoms with E-state index in [4.69, 9.17) is 5.11 Å². The molecule has 0 aliphatic carbocycles. The summed E-state index contributed by atoms with van der Waals surface area (Å²) < 4.78 is 13.3. The van der Waals surface area contributed by atoms with Crippen molar-refractivity contribution in [3.05, 3.63) is 35.1 Å². The molecule has 1 N–H and O–H groups in total. The predicted octanol–water partition coefficient (Wildman–Crippen LogP) is 3.14. The maximum Gasteiger partial charge on any atom is 0.336 e. The highest BCUT2D eigenvalue weighted by atomic mass is 19.1. The van der Waals surface area contributed by atoms with Gasteiger partial charge in [-0.1, -0.05) is 6.92 Å². The third-order valence-corrected chi connectivity index (χ3v) is 3.95. The molecule has 0 amide bonds. The van der Waals surface area contributed by atoms with Crippen molar-refractivity contribution in [2.24, 2.45) is 5.92 Å². The van der Waals surface area contributed by atoms with Crippen molar-refractivity contribution in [1.82, 2.24) is 4.90 Å². The van der Waals surface area contributed by atoms with Crippen molar-refractivity contribution >= 4 is 5.97 Å². The molecule has 104 valence electrons. The molecular formula is C15H20FNO2. The lowest BCUT2D eigenvalue weighted by Crippen LogP contribution is -2.39. The van der Waals surface area contributed by atoms with Crippen molar-refractivity contribution in [3.63, 3.8) is 0 Å². The van der Waals surface area contributed by atoms with Crippen LogP contribution in [0.3, 0.4) is 0 Å². The third kappa shape index (κ3) is 3.32. The third-order valence-electron chi connectivity index (χ3n) is 3.95. The number of halogens is 1. The predicted molar refractivity (Wildman–Crippen MR) is 71.6 cm³/mol. The molecule has 3 nitrogen and oxygen atoms in total. The van der Waals surface area contributed by atoms with Gasteiger partial charge in [0.2, 0.25) is 0 Å². The first-order chi connectivity index (χ1) is 8.97. The van der Waals surface area contributed by atoms with Gasteiger partial charge in [0.1, 0.15) is 5.82 Å². The van der Waals surface area contributed by atoms with Crippen LogP contribution in [-0.4, -0.2) is 28.6 Å². The van der Waals surface area contributed by atoms with Crippen LogP contribution in [0.4, 0.5) is 4.39 Å².